The summed E-state index contributed by atoms with van der Waals surface area (Å²) in [7, 11) is 1.53. The Kier molecular flexibility index (Phi) is 8.55. The van der Waals surface area contributed by atoms with Crippen molar-refractivity contribution in [1.29, 1.82) is 0 Å². The van der Waals surface area contributed by atoms with Crippen molar-refractivity contribution in [3.05, 3.63) is 23.8 Å². The second-order valence-electron chi connectivity index (χ2n) is 5.30. The summed E-state index contributed by atoms with van der Waals surface area (Å²) < 4.78 is 10.8. The van der Waals surface area contributed by atoms with E-state index < -0.39 is 6.10 Å². The Balaban J connectivity index is 2.41. The van der Waals surface area contributed by atoms with E-state index in [0.717, 1.165) is 13.0 Å². The number of hydrogen-bond donors (Lipinski definition) is 2. The molecule has 5 nitrogen and oxygen atoms in total. The molecule has 0 aromatic heterocycles. The summed E-state index contributed by atoms with van der Waals surface area (Å²) in [6.45, 7) is 5.24. The molecule has 0 saturated carbocycles. The lowest BCUT2D eigenvalue weighted by atomic mass is 10.1. The maximum absolute atomic E-state index is 11.3. The molecule has 0 spiro atoms. The lowest BCUT2D eigenvalue weighted by Crippen LogP contribution is -2.32. The monoisotopic (exact) mass is 309 g/mol. The van der Waals surface area contributed by atoms with Gasteiger partial charge in [0.1, 0.15) is 12.7 Å². The number of ether oxygens (including phenoxy) is 2. The van der Waals surface area contributed by atoms with Gasteiger partial charge in [0.25, 0.3) is 0 Å². The van der Waals surface area contributed by atoms with E-state index in [1.807, 2.05) is 0 Å². The van der Waals surface area contributed by atoms with Gasteiger partial charge in [-0.2, -0.15) is 0 Å². The van der Waals surface area contributed by atoms with Gasteiger partial charge in [-0.1, -0.05) is 19.8 Å². The molecule has 0 aliphatic carbocycles. The largest absolute Gasteiger partial charge is 0.493 e. The number of aliphatic hydroxyl groups is 1. The van der Waals surface area contributed by atoms with Crippen molar-refractivity contribution in [2.24, 2.45) is 0 Å². The molecule has 124 valence electrons. The number of aliphatic hydroxyl groups excluding tert-OH is 1. The Morgan fingerprint density at radius 3 is 2.73 bits per heavy atom. The average molecular weight is 309 g/mol. The second-order valence-corrected chi connectivity index (χ2v) is 5.30. The molecule has 1 aromatic carbocycles. The van der Waals surface area contributed by atoms with Crippen LogP contribution in [0, 0.1) is 0 Å². The Labute approximate surface area is 132 Å². The van der Waals surface area contributed by atoms with Crippen molar-refractivity contribution >= 4 is 5.78 Å². The highest BCUT2D eigenvalue weighted by Gasteiger charge is 2.10. The third-order valence-electron chi connectivity index (χ3n) is 3.34. The van der Waals surface area contributed by atoms with Crippen molar-refractivity contribution in [3.63, 3.8) is 0 Å². The minimum absolute atomic E-state index is 0.0267. The van der Waals surface area contributed by atoms with Crippen LogP contribution in [0.25, 0.3) is 0 Å². The zero-order valence-corrected chi connectivity index (χ0v) is 13.7. The van der Waals surface area contributed by atoms with Gasteiger partial charge < -0.3 is 19.9 Å². The summed E-state index contributed by atoms with van der Waals surface area (Å²) in [6, 6.07) is 5.03. The molecule has 5 heteroatoms. The summed E-state index contributed by atoms with van der Waals surface area (Å²) in [5.74, 6) is 0.995. The molecule has 0 aliphatic rings. The van der Waals surface area contributed by atoms with E-state index in [0.29, 0.717) is 23.6 Å². The predicted octanol–water partition coefficient (Wildman–Crippen LogP) is 2.42. The maximum Gasteiger partial charge on any atom is 0.161 e. The molecular weight excluding hydrogens is 282 g/mol. The normalized spacial score (nSPS) is 12.0. The van der Waals surface area contributed by atoms with Gasteiger partial charge in [-0.25, -0.2) is 0 Å². The van der Waals surface area contributed by atoms with E-state index in [-0.39, 0.29) is 12.4 Å². The fraction of sp³-hybridized carbons (Fsp3) is 0.588. The molecule has 0 heterocycles. The molecule has 1 atom stereocenters. The Morgan fingerprint density at radius 2 is 2.09 bits per heavy atom. The first-order valence-corrected chi connectivity index (χ1v) is 7.79. The van der Waals surface area contributed by atoms with Crippen molar-refractivity contribution in [1.82, 2.24) is 5.32 Å². The smallest absolute Gasteiger partial charge is 0.161 e. The fourth-order valence-electron chi connectivity index (χ4n) is 2.02. The van der Waals surface area contributed by atoms with Crippen LogP contribution >= 0.6 is 0 Å². The minimum atomic E-state index is -0.584. The third kappa shape index (κ3) is 6.45. The molecule has 0 fully saturated rings. The lowest BCUT2D eigenvalue weighted by molar-refractivity contribution is 0.101. The molecular formula is C17H27NO4. The van der Waals surface area contributed by atoms with Gasteiger partial charge in [0, 0.05) is 12.1 Å². The number of nitrogens with one attached hydrogen (secondary N) is 1. The van der Waals surface area contributed by atoms with Crippen LogP contribution in [0.1, 0.15) is 43.5 Å². The van der Waals surface area contributed by atoms with E-state index in [1.54, 1.807) is 18.2 Å². The van der Waals surface area contributed by atoms with Crippen LogP contribution in [-0.4, -0.2) is 43.8 Å². The van der Waals surface area contributed by atoms with E-state index in [4.69, 9.17) is 9.47 Å². The Morgan fingerprint density at radius 1 is 1.32 bits per heavy atom. The van der Waals surface area contributed by atoms with Crippen molar-refractivity contribution in [2.45, 2.75) is 39.2 Å². The number of hydrogen-bond acceptors (Lipinski definition) is 5. The van der Waals surface area contributed by atoms with Crippen LogP contribution in [0.4, 0.5) is 0 Å². The first-order chi connectivity index (χ1) is 10.6. The SMILES string of the molecule is CCCCCNC[C@H](O)COc1ccc(C(C)=O)cc1OC. The van der Waals surface area contributed by atoms with Crippen molar-refractivity contribution in [3.8, 4) is 11.5 Å². The van der Waals surface area contributed by atoms with Crippen LogP contribution in [0.15, 0.2) is 18.2 Å². The maximum atomic E-state index is 11.3. The number of carbonyl (C=O) groups is 1. The van der Waals surface area contributed by atoms with Gasteiger partial charge in [-0.3, -0.25) is 4.79 Å². The molecule has 0 aliphatic heterocycles. The molecule has 2 N–H and O–H groups in total. The van der Waals surface area contributed by atoms with E-state index in [1.165, 1.54) is 26.9 Å². The van der Waals surface area contributed by atoms with Crippen LogP contribution in [0.2, 0.25) is 0 Å². The molecule has 1 aromatic rings. The molecule has 22 heavy (non-hydrogen) atoms. The minimum Gasteiger partial charge on any atom is -0.493 e. The van der Waals surface area contributed by atoms with Crippen molar-refractivity contribution in [2.75, 3.05) is 26.8 Å². The first-order valence-electron chi connectivity index (χ1n) is 7.79. The predicted molar refractivity (Wildman–Crippen MR) is 86.9 cm³/mol. The lowest BCUT2D eigenvalue weighted by Gasteiger charge is -2.15. The van der Waals surface area contributed by atoms with Crippen molar-refractivity contribution < 1.29 is 19.4 Å². The Bertz CT molecular complexity index is 462. The number of unbranched alkanes of at least 4 members (excludes halogenated alkanes) is 2. The molecule has 0 saturated heterocycles. The third-order valence-corrected chi connectivity index (χ3v) is 3.34. The standard InChI is InChI=1S/C17H27NO4/c1-4-5-6-9-18-11-15(20)12-22-16-8-7-14(13(2)19)10-17(16)21-3/h7-8,10,15,18,20H,4-6,9,11-12H2,1-3H3/t15-/m0/s1. The fourth-order valence-corrected chi connectivity index (χ4v) is 2.02. The van der Waals surface area contributed by atoms with Gasteiger partial charge in [-0.15, -0.1) is 0 Å². The average Bonchev–Trinajstić information content (AvgIpc) is 2.52. The van der Waals surface area contributed by atoms with Gasteiger partial charge >= 0.3 is 0 Å². The van der Waals surface area contributed by atoms with Gasteiger partial charge in [0.2, 0.25) is 0 Å². The highest BCUT2D eigenvalue weighted by Crippen LogP contribution is 2.28. The summed E-state index contributed by atoms with van der Waals surface area (Å²) in [5, 5.41) is 13.1. The topological polar surface area (TPSA) is 67.8 Å². The van der Waals surface area contributed by atoms with Crippen LogP contribution in [0.5, 0.6) is 11.5 Å². The zero-order valence-electron chi connectivity index (χ0n) is 13.7. The second kappa shape index (κ2) is 10.2. The highest BCUT2D eigenvalue weighted by atomic mass is 16.5. The number of methoxy groups -OCH3 is 1. The van der Waals surface area contributed by atoms with Crippen LogP contribution in [0.3, 0.4) is 0 Å². The van der Waals surface area contributed by atoms with E-state index in [2.05, 4.69) is 12.2 Å². The number of benzene rings is 1. The molecule has 0 radical (unpaired) electrons. The molecule has 0 bridgehead atoms. The quantitative estimate of drug-likeness (QED) is 0.485. The number of Topliss-reactive ketones (excluding diaryl/α,β-unsaturated/α-hetero) is 1. The van der Waals surface area contributed by atoms with Crippen LogP contribution in [-0.2, 0) is 0 Å². The van der Waals surface area contributed by atoms with E-state index in [9.17, 15) is 9.90 Å². The summed E-state index contributed by atoms with van der Waals surface area (Å²) in [6.07, 6.45) is 2.91. The van der Waals surface area contributed by atoms with Crippen LogP contribution < -0.4 is 14.8 Å². The molecule has 0 unspecified atom stereocenters. The summed E-state index contributed by atoms with van der Waals surface area (Å²) >= 11 is 0. The first kappa shape index (κ1) is 18.5. The van der Waals surface area contributed by atoms with Gasteiger partial charge in [0.15, 0.2) is 17.3 Å². The highest BCUT2D eigenvalue weighted by molar-refractivity contribution is 5.94. The van der Waals surface area contributed by atoms with E-state index >= 15 is 0 Å². The molecule has 1 rings (SSSR count). The zero-order chi connectivity index (χ0) is 16.4. The number of ketones is 1. The summed E-state index contributed by atoms with van der Waals surface area (Å²) in [4.78, 5) is 11.3. The van der Waals surface area contributed by atoms with Gasteiger partial charge in [0.05, 0.1) is 7.11 Å². The Hall–Kier alpha value is -1.59. The molecule has 0 amide bonds. The summed E-state index contributed by atoms with van der Waals surface area (Å²) in [5.41, 5.74) is 0.572. The number of carbonyl (C=O) groups excluding carboxylic acids is 1. The van der Waals surface area contributed by atoms with Gasteiger partial charge in [-0.05, 0) is 38.1 Å². The number of rotatable bonds is 11.